The minimum Gasteiger partial charge on any atom is -0.415 e. The molecule has 3 heteroatoms. The molecule has 0 amide bonds. The average molecular weight is 173 g/mol. The molecule has 2 nitrogen and oxygen atoms in total. The summed E-state index contributed by atoms with van der Waals surface area (Å²) in [6.07, 6.45) is 6.44. The van der Waals surface area contributed by atoms with E-state index in [9.17, 15) is 4.79 Å². The van der Waals surface area contributed by atoms with Crippen LogP contribution in [0.25, 0.3) is 0 Å². The van der Waals surface area contributed by atoms with Gasteiger partial charge in [-0.1, -0.05) is 18.7 Å². The first-order valence-corrected chi connectivity index (χ1v) is 3.41. The molecule has 0 unspecified atom stereocenters. The second-order valence-corrected chi connectivity index (χ2v) is 1.93. The van der Waals surface area contributed by atoms with Crippen LogP contribution in [0.2, 0.25) is 0 Å². The van der Waals surface area contributed by atoms with Gasteiger partial charge in [-0.05, 0) is 19.1 Å². The minimum atomic E-state index is -0.841. The van der Waals surface area contributed by atoms with Gasteiger partial charge in [0.25, 0.3) is 0 Å². The summed E-state index contributed by atoms with van der Waals surface area (Å²) < 4.78 is 4.55. The number of hydrogen-bond acceptors (Lipinski definition) is 2. The van der Waals surface area contributed by atoms with Crippen molar-refractivity contribution in [1.82, 2.24) is 0 Å². The molecule has 0 radical (unpaired) electrons. The van der Waals surface area contributed by atoms with E-state index in [1.54, 1.807) is 31.2 Å². The van der Waals surface area contributed by atoms with Gasteiger partial charge in [-0.25, -0.2) is 4.79 Å². The minimum absolute atomic E-state index is 0.407. The van der Waals surface area contributed by atoms with Gasteiger partial charge in [-0.3, -0.25) is 0 Å². The highest BCUT2D eigenvalue weighted by atomic mass is 35.5. The molecule has 0 aromatic carbocycles. The molecule has 0 heterocycles. The van der Waals surface area contributed by atoms with Gasteiger partial charge < -0.3 is 4.74 Å². The summed E-state index contributed by atoms with van der Waals surface area (Å²) in [6, 6.07) is 0. The van der Waals surface area contributed by atoms with Gasteiger partial charge in [-0.15, -0.1) is 0 Å². The summed E-state index contributed by atoms with van der Waals surface area (Å²) in [4.78, 5) is 10.2. The van der Waals surface area contributed by atoms with Crippen LogP contribution in [0.15, 0.2) is 36.6 Å². The topological polar surface area (TPSA) is 26.3 Å². The molecule has 0 atom stereocenters. The molecule has 0 N–H and O–H groups in total. The van der Waals surface area contributed by atoms with Crippen LogP contribution >= 0.6 is 11.6 Å². The van der Waals surface area contributed by atoms with E-state index in [0.29, 0.717) is 5.76 Å². The first-order chi connectivity index (χ1) is 5.20. The van der Waals surface area contributed by atoms with Crippen molar-refractivity contribution in [2.24, 2.45) is 0 Å². The Bertz CT molecular complexity index is 204. The van der Waals surface area contributed by atoms with Gasteiger partial charge in [0, 0.05) is 11.6 Å². The van der Waals surface area contributed by atoms with Crippen molar-refractivity contribution in [1.29, 1.82) is 0 Å². The Morgan fingerprint density at radius 2 is 2.27 bits per heavy atom. The van der Waals surface area contributed by atoms with Crippen LogP contribution in [0.1, 0.15) is 6.92 Å². The third kappa shape index (κ3) is 5.43. The zero-order valence-corrected chi connectivity index (χ0v) is 6.97. The number of rotatable bonds is 3. The van der Waals surface area contributed by atoms with E-state index >= 15 is 0 Å². The second-order valence-electron chi connectivity index (χ2n) is 1.63. The van der Waals surface area contributed by atoms with Gasteiger partial charge in [0.1, 0.15) is 5.76 Å². The van der Waals surface area contributed by atoms with Crippen molar-refractivity contribution in [2.75, 3.05) is 0 Å². The van der Waals surface area contributed by atoms with Gasteiger partial charge in [-0.2, -0.15) is 0 Å². The Balaban J connectivity index is 4.08. The molecule has 60 valence electrons. The Kier molecular flexibility index (Phi) is 5.21. The Morgan fingerprint density at radius 1 is 1.64 bits per heavy atom. The molecule has 0 saturated heterocycles. The van der Waals surface area contributed by atoms with Gasteiger partial charge in [0.05, 0.1) is 0 Å². The summed E-state index contributed by atoms with van der Waals surface area (Å²) in [6.45, 7) is 5.20. The number of ether oxygens (including phenoxy) is 1. The number of hydrogen-bond donors (Lipinski definition) is 0. The monoisotopic (exact) mass is 172 g/mol. The molecule has 0 saturated carbocycles. The predicted octanol–water partition coefficient (Wildman–Crippen LogP) is 3.01. The largest absolute Gasteiger partial charge is 0.415 e. The highest BCUT2D eigenvalue weighted by molar-refractivity contribution is 6.61. The predicted molar refractivity (Wildman–Crippen MR) is 45.4 cm³/mol. The van der Waals surface area contributed by atoms with E-state index in [1.807, 2.05) is 0 Å². The lowest BCUT2D eigenvalue weighted by molar-refractivity contribution is 0.206. The smallest absolute Gasteiger partial charge is 0.409 e. The van der Waals surface area contributed by atoms with Crippen molar-refractivity contribution in [3.8, 4) is 0 Å². The average Bonchev–Trinajstić information content (AvgIpc) is 1.97. The molecular weight excluding hydrogens is 164 g/mol. The van der Waals surface area contributed by atoms with Crippen molar-refractivity contribution < 1.29 is 9.53 Å². The molecule has 0 fully saturated rings. The summed E-state index contributed by atoms with van der Waals surface area (Å²) in [5, 5.41) is 0. The summed E-state index contributed by atoms with van der Waals surface area (Å²) in [7, 11) is 0. The summed E-state index contributed by atoms with van der Waals surface area (Å²) >= 11 is 4.97. The quantitative estimate of drug-likeness (QED) is 0.372. The number of carbonyl (C=O) groups is 1. The molecule has 11 heavy (non-hydrogen) atoms. The summed E-state index contributed by atoms with van der Waals surface area (Å²) in [5.74, 6) is 0.407. The molecule has 0 aliphatic heterocycles. The van der Waals surface area contributed by atoms with E-state index in [-0.39, 0.29) is 0 Å². The fraction of sp³-hybridized carbons (Fsp3) is 0.125. The molecule has 0 spiro atoms. The normalized spacial score (nSPS) is 11.6. The maximum absolute atomic E-state index is 10.2. The molecule has 0 rings (SSSR count). The van der Waals surface area contributed by atoms with Crippen LogP contribution < -0.4 is 0 Å². The van der Waals surface area contributed by atoms with Crippen LogP contribution in [0.5, 0.6) is 0 Å². The maximum Gasteiger partial charge on any atom is 0.409 e. The Labute approximate surface area is 70.8 Å². The maximum atomic E-state index is 10.2. The lowest BCUT2D eigenvalue weighted by Gasteiger charge is -1.96. The van der Waals surface area contributed by atoms with Crippen molar-refractivity contribution in [3.63, 3.8) is 0 Å². The van der Waals surface area contributed by atoms with Crippen LogP contribution in [-0.2, 0) is 4.74 Å². The van der Waals surface area contributed by atoms with Crippen LogP contribution in [0, 0.1) is 0 Å². The summed E-state index contributed by atoms with van der Waals surface area (Å²) in [5.41, 5.74) is -0.841. The van der Waals surface area contributed by atoms with E-state index in [0.717, 1.165) is 0 Å². The Hall–Kier alpha value is -1.02. The zero-order chi connectivity index (χ0) is 8.69. The molecular formula is C8H9ClO2. The molecule has 0 aromatic heterocycles. The van der Waals surface area contributed by atoms with E-state index in [2.05, 4.69) is 11.3 Å². The standard InChI is InChI=1S/C8H9ClO2/c1-3-5-6-7(4-2)11-8(9)10/h3-6H,1H2,2H3. The molecule has 0 aliphatic carbocycles. The first-order valence-electron chi connectivity index (χ1n) is 3.03. The Morgan fingerprint density at radius 3 is 2.64 bits per heavy atom. The molecule has 0 aromatic rings. The van der Waals surface area contributed by atoms with Gasteiger partial charge in [0.2, 0.25) is 0 Å². The highest BCUT2D eigenvalue weighted by Gasteiger charge is 1.96. The van der Waals surface area contributed by atoms with Gasteiger partial charge in [0.15, 0.2) is 0 Å². The number of carbonyl (C=O) groups excluding carboxylic acids is 1. The third-order valence-corrected chi connectivity index (χ3v) is 0.956. The van der Waals surface area contributed by atoms with Crippen molar-refractivity contribution in [2.45, 2.75) is 6.92 Å². The van der Waals surface area contributed by atoms with Gasteiger partial charge >= 0.3 is 5.43 Å². The third-order valence-electron chi connectivity index (χ3n) is 0.879. The second kappa shape index (κ2) is 5.74. The lowest BCUT2D eigenvalue weighted by atomic mass is 10.4. The first kappa shape index (κ1) is 9.98. The van der Waals surface area contributed by atoms with E-state index in [4.69, 9.17) is 11.6 Å². The van der Waals surface area contributed by atoms with Crippen molar-refractivity contribution in [3.05, 3.63) is 36.6 Å². The van der Waals surface area contributed by atoms with E-state index < -0.39 is 5.43 Å². The fourth-order valence-corrected chi connectivity index (χ4v) is 0.534. The van der Waals surface area contributed by atoms with Crippen LogP contribution in [0.4, 0.5) is 4.79 Å². The van der Waals surface area contributed by atoms with Crippen LogP contribution in [-0.4, -0.2) is 5.43 Å². The number of allylic oxidation sites excluding steroid dienone is 4. The fourth-order valence-electron chi connectivity index (χ4n) is 0.445. The number of halogens is 1. The van der Waals surface area contributed by atoms with E-state index in [1.165, 1.54) is 0 Å². The zero-order valence-electron chi connectivity index (χ0n) is 6.21. The highest BCUT2D eigenvalue weighted by Crippen LogP contribution is 2.02. The lowest BCUT2D eigenvalue weighted by Crippen LogP contribution is -1.90. The van der Waals surface area contributed by atoms with Crippen LogP contribution in [0.3, 0.4) is 0 Å². The SMILES string of the molecule is C=CC=CC(=CC)OC(=O)Cl. The molecule has 0 bridgehead atoms. The van der Waals surface area contributed by atoms with Crippen molar-refractivity contribution >= 4 is 17.0 Å². The molecule has 0 aliphatic rings.